The summed E-state index contributed by atoms with van der Waals surface area (Å²) in [5, 5.41) is 5.81. The number of hydrogen-bond acceptors (Lipinski definition) is 2. The molecule has 118 valence electrons. The van der Waals surface area contributed by atoms with Crippen LogP contribution in [0.1, 0.15) is 37.7 Å². The summed E-state index contributed by atoms with van der Waals surface area (Å²) in [6, 6.07) is 5.20. The van der Waals surface area contributed by atoms with Gasteiger partial charge in [-0.15, -0.1) is 0 Å². The van der Waals surface area contributed by atoms with Gasteiger partial charge in [0.2, 0.25) is 0 Å². The maximum absolute atomic E-state index is 11.9. The molecule has 0 heterocycles. The Balaban J connectivity index is 1.80. The molecule has 2 rings (SSSR count). The molecule has 2 N–H and O–H groups in total. The van der Waals surface area contributed by atoms with Gasteiger partial charge in [0, 0.05) is 17.3 Å². The Hall–Kier alpha value is -1.81. The van der Waals surface area contributed by atoms with Crippen LogP contribution in [0.2, 0.25) is 5.02 Å². The molecular weight excluding hydrogens is 300 g/mol. The monoisotopic (exact) mass is 320 g/mol. The van der Waals surface area contributed by atoms with Crippen LogP contribution < -0.4 is 10.6 Å². The van der Waals surface area contributed by atoms with Crippen molar-refractivity contribution < 1.29 is 9.59 Å². The van der Waals surface area contributed by atoms with Crippen LogP contribution in [0.3, 0.4) is 0 Å². The molecule has 0 fully saturated rings. The van der Waals surface area contributed by atoms with Crippen LogP contribution in [0.4, 0.5) is 5.69 Å². The van der Waals surface area contributed by atoms with Gasteiger partial charge in [-0.25, -0.2) is 0 Å². The summed E-state index contributed by atoms with van der Waals surface area (Å²) in [5.41, 5.74) is 2.68. The molecule has 1 aliphatic rings. The van der Waals surface area contributed by atoms with Crippen molar-refractivity contribution in [3.05, 3.63) is 40.4 Å². The Morgan fingerprint density at radius 1 is 1.23 bits per heavy atom. The zero-order valence-electron chi connectivity index (χ0n) is 12.7. The maximum atomic E-state index is 11.9. The van der Waals surface area contributed by atoms with Crippen molar-refractivity contribution in [1.29, 1.82) is 0 Å². The Kier molecular flexibility index (Phi) is 6.01. The molecule has 0 bridgehead atoms. The van der Waals surface area contributed by atoms with Gasteiger partial charge in [-0.2, -0.15) is 0 Å². The second-order valence-corrected chi connectivity index (χ2v) is 5.89. The third kappa shape index (κ3) is 4.60. The second kappa shape index (κ2) is 7.99. The minimum absolute atomic E-state index is 0.493. The molecule has 1 aliphatic carbocycles. The molecule has 1 aromatic rings. The van der Waals surface area contributed by atoms with E-state index >= 15 is 0 Å². The van der Waals surface area contributed by atoms with Crippen molar-refractivity contribution in [1.82, 2.24) is 5.32 Å². The zero-order chi connectivity index (χ0) is 15.9. The van der Waals surface area contributed by atoms with E-state index in [4.69, 9.17) is 11.6 Å². The molecule has 0 saturated heterocycles. The van der Waals surface area contributed by atoms with E-state index in [1.807, 2.05) is 0 Å². The molecule has 0 spiro atoms. The number of amides is 2. The first-order valence-electron chi connectivity index (χ1n) is 7.60. The normalized spacial score (nSPS) is 14.2. The number of carbonyl (C=O) groups is 2. The third-order valence-electron chi connectivity index (χ3n) is 3.84. The maximum Gasteiger partial charge on any atom is 0.313 e. The number of hydrogen-bond donors (Lipinski definition) is 2. The van der Waals surface area contributed by atoms with Crippen LogP contribution in [-0.4, -0.2) is 18.4 Å². The standard InChI is InChI=1S/C17H21ClN2O2/c1-12-14(18)8-5-9-15(12)20-17(22)16(21)19-11-10-13-6-3-2-4-7-13/h5-6,8-9H,2-4,7,10-11H2,1H3,(H,19,21)(H,20,22). The van der Waals surface area contributed by atoms with Crippen LogP contribution in [-0.2, 0) is 9.59 Å². The second-order valence-electron chi connectivity index (χ2n) is 5.48. The molecule has 0 unspecified atom stereocenters. The van der Waals surface area contributed by atoms with Crippen molar-refractivity contribution in [3.8, 4) is 0 Å². The van der Waals surface area contributed by atoms with Crippen molar-refractivity contribution >= 4 is 29.1 Å². The molecular formula is C17H21ClN2O2. The lowest BCUT2D eigenvalue weighted by Gasteiger charge is -2.13. The summed E-state index contributed by atoms with van der Waals surface area (Å²) >= 11 is 5.99. The third-order valence-corrected chi connectivity index (χ3v) is 4.25. The Bertz CT molecular complexity index is 596. The average molecular weight is 321 g/mol. The van der Waals surface area contributed by atoms with Gasteiger partial charge >= 0.3 is 11.8 Å². The van der Waals surface area contributed by atoms with Crippen molar-refractivity contribution in [2.24, 2.45) is 0 Å². The van der Waals surface area contributed by atoms with Gasteiger partial charge in [-0.3, -0.25) is 9.59 Å². The molecule has 1 aromatic carbocycles. The van der Waals surface area contributed by atoms with Gasteiger partial charge in [0.1, 0.15) is 0 Å². The lowest BCUT2D eigenvalue weighted by atomic mass is 9.97. The zero-order valence-corrected chi connectivity index (χ0v) is 13.5. The molecule has 0 aliphatic heterocycles. The number of rotatable bonds is 4. The lowest BCUT2D eigenvalue weighted by Crippen LogP contribution is -2.36. The molecule has 2 amide bonds. The molecule has 0 radical (unpaired) electrons. The van der Waals surface area contributed by atoms with E-state index in [-0.39, 0.29) is 0 Å². The van der Waals surface area contributed by atoms with Gasteiger partial charge in [0.25, 0.3) is 0 Å². The predicted molar refractivity (Wildman–Crippen MR) is 89.0 cm³/mol. The highest BCUT2D eigenvalue weighted by atomic mass is 35.5. The number of benzene rings is 1. The summed E-state index contributed by atoms with van der Waals surface area (Å²) in [6.07, 6.45) is 7.74. The first-order chi connectivity index (χ1) is 10.6. The summed E-state index contributed by atoms with van der Waals surface area (Å²) in [5.74, 6) is -1.28. The van der Waals surface area contributed by atoms with Crippen LogP contribution in [0.5, 0.6) is 0 Å². The fourth-order valence-corrected chi connectivity index (χ4v) is 2.65. The molecule has 4 nitrogen and oxygen atoms in total. The van der Waals surface area contributed by atoms with Gasteiger partial charge in [-0.05, 0) is 56.7 Å². The molecule has 0 saturated carbocycles. The first-order valence-corrected chi connectivity index (χ1v) is 7.98. The molecule has 22 heavy (non-hydrogen) atoms. The highest BCUT2D eigenvalue weighted by molar-refractivity contribution is 6.40. The van der Waals surface area contributed by atoms with E-state index < -0.39 is 11.8 Å². The van der Waals surface area contributed by atoms with E-state index in [1.54, 1.807) is 25.1 Å². The van der Waals surface area contributed by atoms with Crippen molar-refractivity contribution in [3.63, 3.8) is 0 Å². The van der Waals surface area contributed by atoms with E-state index in [2.05, 4.69) is 16.7 Å². The average Bonchev–Trinajstić information content (AvgIpc) is 2.52. The van der Waals surface area contributed by atoms with Crippen LogP contribution in [0, 0.1) is 6.92 Å². The smallest absolute Gasteiger partial charge is 0.313 e. The van der Waals surface area contributed by atoms with Gasteiger partial charge in [0.05, 0.1) is 0 Å². The Morgan fingerprint density at radius 2 is 2.05 bits per heavy atom. The Labute approximate surface area is 135 Å². The van der Waals surface area contributed by atoms with E-state index in [0.29, 0.717) is 17.3 Å². The number of anilines is 1. The first kappa shape index (κ1) is 16.6. The van der Waals surface area contributed by atoms with E-state index in [1.165, 1.54) is 18.4 Å². The fourth-order valence-electron chi connectivity index (χ4n) is 2.47. The minimum Gasteiger partial charge on any atom is -0.348 e. The summed E-state index contributed by atoms with van der Waals surface area (Å²) in [6.45, 7) is 2.29. The number of allylic oxidation sites excluding steroid dienone is 1. The lowest BCUT2D eigenvalue weighted by molar-refractivity contribution is -0.136. The fraction of sp³-hybridized carbons (Fsp3) is 0.412. The van der Waals surface area contributed by atoms with Crippen LogP contribution in [0.15, 0.2) is 29.8 Å². The molecule has 0 aromatic heterocycles. The number of halogens is 1. The van der Waals surface area contributed by atoms with Gasteiger partial charge < -0.3 is 10.6 Å². The highest BCUT2D eigenvalue weighted by Crippen LogP contribution is 2.22. The largest absolute Gasteiger partial charge is 0.348 e. The SMILES string of the molecule is Cc1c(Cl)cccc1NC(=O)C(=O)NCCC1=CCCCC1. The van der Waals surface area contributed by atoms with Gasteiger partial charge in [0.15, 0.2) is 0 Å². The van der Waals surface area contributed by atoms with Crippen molar-refractivity contribution in [2.75, 3.05) is 11.9 Å². The van der Waals surface area contributed by atoms with Gasteiger partial charge in [-0.1, -0.05) is 29.3 Å². The predicted octanol–water partition coefficient (Wildman–Crippen LogP) is 3.59. The Morgan fingerprint density at radius 3 is 2.77 bits per heavy atom. The highest BCUT2D eigenvalue weighted by Gasteiger charge is 2.15. The van der Waals surface area contributed by atoms with Crippen LogP contribution in [0.25, 0.3) is 0 Å². The topological polar surface area (TPSA) is 58.2 Å². The summed E-state index contributed by atoms with van der Waals surface area (Å²) < 4.78 is 0. The van der Waals surface area contributed by atoms with Crippen molar-refractivity contribution in [2.45, 2.75) is 39.0 Å². The van der Waals surface area contributed by atoms with Crippen LogP contribution >= 0.6 is 11.6 Å². The minimum atomic E-state index is -0.664. The number of nitrogens with one attached hydrogen (secondary N) is 2. The summed E-state index contributed by atoms with van der Waals surface area (Å²) in [7, 11) is 0. The molecule has 0 atom stereocenters. The quantitative estimate of drug-likeness (QED) is 0.658. The summed E-state index contributed by atoms with van der Waals surface area (Å²) in [4.78, 5) is 23.7. The number of carbonyl (C=O) groups excluding carboxylic acids is 2. The van der Waals surface area contributed by atoms with E-state index in [9.17, 15) is 9.59 Å². The van der Waals surface area contributed by atoms with E-state index in [0.717, 1.165) is 24.8 Å². The molecule has 5 heteroatoms.